The molecule has 2 rings (SSSR count). The molecule has 0 radical (unpaired) electrons. The van der Waals surface area contributed by atoms with Crippen LogP contribution in [-0.4, -0.2) is 24.6 Å². The molecule has 1 aromatic rings. The summed E-state index contributed by atoms with van der Waals surface area (Å²) < 4.78 is 39.1. The second-order valence-corrected chi connectivity index (χ2v) is 5.57. The van der Waals surface area contributed by atoms with Crippen molar-refractivity contribution in [1.82, 2.24) is 4.98 Å². The van der Waals surface area contributed by atoms with Gasteiger partial charge in [-0.15, -0.1) is 0 Å². The first-order valence-corrected chi connectivity index (χ1v) is 7.48. The largest absolute Gasteiger partial charge is 0.416 e. The molecule has 1 N–H and O–H groups in total. The van der Waals surface area contributed by atoms with Crippen LogP contribution in [0.1, 0.15) is 44.6 Å². The van der Waals surface area contributed by atoms with Gasteiger partial charge in [-0.3, -0.25) is 0 Å². The molecule has 6 heteroatoms. The van der Waals surface area contributed by atoms with Crippen LogP contribution in [0.3, 0.4) is 0 Å². The van der Waals surface area contributed by atoms with E-state index in [9.17, 15) is 13.2 Å². The third kappa shape index (κ3) is 4.02. The topological polar surface area (TPSA) is 28.2 Å². The van der Waals surface area contributed by atoms with Crippen LogP contribution in [0.2, 0.25) is 0 Å². The van der Waals surface area contributed by atoms with Crippen LogP contribution in [0.5, 0.6) is 0 Å². The Labute approximate surface area is 123 Å². The minimum atomic E-state index is -4.35. The summed E-state index contributed by atoms with van der Waals surface area (Å²) in [5.74, 6) is 0.696. The minimum Gasteiger partial charge on any atom is -0.370 e. The van der Waals surface area contributed by atoms with Crippen molar-refractivity contribution in [3.05, 3.63) is 17.7 Å². The van der Waals surface area contributed by atoms with Crippen molar-refractivity contribution in [3.63, 3.8) is 0 Å². The standard InChI is InChI=1S/C15H22F3N3/c1-3-8-19-13-9-11(15(16,17)18)10-14(20-13)21(2)12-6-4-5-7-12/h9-10,12H,3-8H2,1-2H3,(H,19,20). The molecule has 0 saturated heterocycles. The maximum Gasteiger partial charge on any atom is 0.416 e. The van der Waals surface area contributed by atoms with Crippen molar-refractivity contribution in [2.24, 2.45) is 0 Å². The van der Waals surface area contributed by atoms with E-state index in [1.54, 1.807) is 0 Å². The van der Waals surface area contributed by atoms with Gasteiger partial charge in [0.15, 0.2) is 0 Å². The molecule has 0 unspecified atom stereocenters. The quantitative estimate of drug-likeness (QED) is 0.879. The van der Waals surface area contributed by atoms with Crippen LogP contribution in [0, 0.1) is 0 Å². The highest BCUT2D eigenvalue weighted by Crippen LogP contribution is 2.34. The summed E-state index contributed by atoms with van der Waals surface area (Å²) >= 11 is 0. The minimum absolute atomic E-state index is 0.292. The van der Waals surface area contributed by atoms with Gasteiger partial charge in [-0.1, -0.05) is 19.8 Å². The lowest BCUT2D eigenvalue weighted by atomic mass is 10.2. The van der Waals surface area contributed by atoms with Crippen LogP contribution in [-0.2, 0) is 6.18 Å². The molecule has 21 heavy (non-hydrogen) atoms. The van der Waals surface area contributed by atoms with Crippen LogP contribution in [0.15, 0.2) is 12.1 Å². The Morgan fingerprint density at radius 1 is 1.29 bits per heavy atom. The maximum atomic E-state index is 13.0. The first kappa shape index (κ1) is 15.9. The number of aromatic nitrogens is 1. The van der Waals surface area contributed by atoms with E-state index in [0.717, 1.165) is 44.2 Å². The zero-order chi connectivity index (χ0) is 15.5. The number of anilines is 2. The summed E-state index contributed by atoms with van der Waals surface area (Å²) in [5.41, 5.74) is -0.643. The first-order chi connectivity index (χ1) is 9.91. The smallest absolute Gasteiger partial charge is 0.370 e. The van der Waals surface area contributed by atoms with Gasteiger partial charge in [-0.2, -0.15) is 13.2 Å². The fourth-order valence-corrected chi connectivity index (χ4v) is 2.68. The molecule has 1 aliphatic rings. The van der Waals surface area contributed by atoms with E-state index in [-0.39, 0.29) is 0 Å². The predicted molar refractivity (Wildman–Crippen MR) is 78.7 cm³/mol. The lowest BCUT2D eigenvalue weighted by molar-refractivity contribution is -0.137. The predicted octanol–water partition coefficient (Wildman–Crippen LogP) is 4.30. The van der Waals surface area contributed by atoms with E-state index in [2.05, 4.69) is 10.3 Å². The SMILES string of the molecule is CCCNc1cc(C(F)(F)F)cc(N(C)C2CCCC2)n1. The third-order valence-corrected chi connectivity index (χ3v) is 3.93. The number of alkyl halides is 3. The maximum absolute atomic E-state index is 13.0. The molecule has 0 spiro atoms. The molecular weight excluding hydrogens is 279 g/mol. The molecule has 3 nitrogen and oxygen atoms in total. The molecule has 0 aromatic carbocycles. The Balaban J connectivity index is 2.29. The van der Waals surface area contributed by atoms with Gasteiger partial charge in [0, 0.05) is 19.6 Å². The normalized spacial score (nSPS) is 16.2. The summed E-state index contributed by atoms with van der Waals surface area (Å²) in [5, 5.41) is 2.95. The first-order valence-electron chi connectivity index (χ1n) is 7.48. The Bertz CT molecular complexity index is 468. The number of hydrogen-bond donors (Lipinski definition) is 1. The number of rotatable bonds is 5. The highest BCUT2D eigenvalue weighted by molar-refractivity contribution is 5.51. The molecule has 1 saturated carbocycles. The molecule has 0 bridgehead atoms. The van der Waals surface area contributed by atoms with Gasteiger partial charge in [-0.25, -0.2) is 4.98 Å². The molecule has 0 amide bonds. The van der Waals surface area contributed by atoms with E-state index in [1.165, 1.54) is 0 Å². The second-order valence-electron chi connectivity index (χ2n) is 5.57. The number of nitrogens with one attached hydrogen (secondary N) is 1. The molecule has 0 aliphatic heterocycles. The van der Waals surface area contributed by atoms with E-state index in [0.29, 0.717) is 24.2 Å². The Hall–Kier alpha value is -1.46. The summed E-state index contributed by atoms with van der Waals surface area (Å²) in [6.07, 6.45) is 0.796. The summed E-state index contributed by atoms with van der Waals surface area (Å²) in [7, 11) is 1.84. The summed E-state index contributed by atoms with van der Waals surface area (Å²) in [6, 6.07) is 2.52. The van der Waals surface area contributed by atoms with Crippen LogP contribution in [0.25, 0.3) is 0 Å². The Kier molecular flexibility index (Phi) is 4.96. The molecule has 1 aromatic heterocycles. The van der Waals surface area contributed by atoms with Crippen LogP contribution < -0.4 is 10.2 Å². The van der Waals surface area contributed by atoms with Gasteiger partial charge < -0.3 is 10.2 Å². The molecule has 1 fully saturated rings. The van der Waals surface area contributed by atoms with Gasteiger partial charge >= 0.3 is 6.18 Å². The number of hydrogen-bond acceptors (Lipinski definition) is 3. The Morgan fingerprint density at radius 3 is 2.52 bits per heavy atom. The second kappa shape index (κ2) is 6.54. The lowest BCUT2D eigenvalue weighted by Gasteiger charge is -2.26. The van der Waals surface area contributed by atoms with Gasteiger partial charge in [-0.05, 0) is 31.4 Å². The van der Waals surface area contributed by atoms with Gasteiger partial charge in [0.25, 0.3) is 0 Å². The van der Waals surface area contributed by atoms with Crippen molar-refractivity contribution in [2.75, 3.05) is 23.8 Å². The molecule has 118 valence electrons. The third-order valence-electron chi connectivity index (χ3n) is 3.93. The van der Waals surface area contributed by atoms with Crippen LogP contribution in [0.4, 0.5) is 24.8 Å². The molecule has 0 atom stereocenters. The van der Waals surface area contributed by atoms with Crippen molar-refractivity contribution in [2.45, 2.75) is 51.2 Å². The van der Waals surface area contributed by atoms with E-state index >= 15 is 0 Å². The van der Waals surface area contributed by atoms with Crippen molar-refractivity contribution in [1.29, 1.82) is 0 Å². The summed E-state index contributed by atoms with van der Waals surface area (Å²) in [4.78, 5) is 6.23. The zero-order valence-electron chi connectivity index (χ0n) is 12.5. The van der Waals surface area contributed by atoms with Crippen molar-refractivity contribution >= 4 is 11.6 Å². The van der Waals surface area contributed by atoms with Gasteiger partial charge in [0.2, 0.25) is 0 Å². The van der Waals surface area contributed by atoms with Crippen molar-refractivity contribution in [3.8, 4) is 0 Å². The van der Waals surface area contributed by atoms with Gasteiger partial charge in [0.1, 0.15) is 11.6 Å². The molecule has 1 heterocycles. The van der Waals surface area contributed by atoms with E-state index in [4.69, 9.17) is 0 Å². The highest BCUT2D eigenvalue weighted by atomic mass is 19.4. The van der Waals surface area contributed by atoms with Crippen molar-refractivity contribution < 1.29 is 13.2 Å². The fraction of sp³-hybridized carbons (Fsp3) is 0.667. The average molecular weight is 301 g/mol. The van der Waals surface area contributed by atoms with E-state index in [1.807, 2.05) is 18.9 Å². The average Bonchev–Trinajstić information content (AvgIpc) is 2.97. The van der Waals surface area contributed by atoms with E-state index < -0.39 is 11.7 Å². The molecular formula is C15H22F3N3. The van der Waals surface area contributed by atoms with Crippen LogP contribution >= 0.6 is 0 Å². The fourth-order valence-electron chi connectivity index (χ4n) is 2.68. The summed E-state index contributed by atoms with van der Waals surface area (Å²) in [6.45, 7) is 2.58. The lowest BCUT2D eigenvalue weighted by Crippen LogP contribution is -2.30. The zero-order valence-corrected chi connectivity index (χ0v) is 12.5. The molecule has 1 aliphatic carbocycles. The number of pyridine rings is 1. The highest BCUT2D eigenvalue weighted by Gasteiger charge is 2.32. The monoisotopic (exact) mass is 301 g/mol. The Morgan fingerprint density at radius 2 is 1.95 bits per heavy atom. The number of nitrogens with zero attached hydrogens (tertiary/aromatic N) is 2. The number of halogens is 3. The van der Waals surface area contributed by atoms with Gasteiger partial charge in [0.05, 0.1) is 5.56 Å².